The van der Waals surface area contributed by atoms with Gasteiger partial charge >= 0.3 is 5.69 Å². The minimum atomic E-state index is -0.893. The molecule has 0 saturated heterocycles. The lowest BCUT2D eigenvalue weighted by atomic mass is 10.1. The number of anilines is 1. The van der Waals surface area contributed by atoms with Crippen molar-refractivity contribution in [2.45, 2.75) is 0 Å². The molecule has 0 atom stereocenters. The van der Waals surface area contributed by atoms with Crippen LogP contribution in [0.25, 0.3) is 6.08 Å². The van der Waals surface area contributed by atoms with Gasteiger partial charge in [0.15, 0.2) is 11.5 Å². The molecule has 0 heterocycles. The molecule has 0 fully saturated rings. The fraction of sp³-hybridized carbons (Fsp3) is 0.0435. The quantitative estimate of drug-likeness (QED) is 0.158. The van der Waals surface area contributed by atoms with Crippen LogP contribution in [-0.4, -0.2) is 27.8 Å². The van der Waals surface area contributed by atoms with Crippen molar-refractivity contribution in [1.82, 2.24) is 0 Å². The predicted octanol–water partition coefficient (Wildman–Crippen LogP) is 5.41. The third-order valence-electron chi connectivity index (χ3n) is 4.84. The molecule has 0 saturated carbocycles. The highest BCUT2D eigenvalue weighted by molar-refractivity contribution is 6.34. The Kier molecular flexibility index (Phi) is 8.15. The molecule has 0 aromatic heterocycles. The predicted molar refractivity (Wildman–Crippen MR) is 133 cm³/mol. The first-order valence-corrected chi connectivity index (χ1v) is 10.6. The van der Waals surface area contributed by atoms with Gasteiger partial charge < -0.3 is 14.8 Å². The number of nitro groups is 3. The average molecular weight is 540 g/mol. The van der Waals surface area contributed by atoms with E-state index >= 15 is 0 Å². The van der Waals surface area contributed by atoms with Crippen LogP contribution in [0.2, 0.25) is 5.02 Å². The molecule has 15 heteroatoms. The summed E-state index contributed by atoms with van der Waals surface area (Å²) in [5.74, 6) is -1.11. The Morgan fingerprint density at radius 1 is 0.921 bits per heavy atom. The van der Waals surface area contributed by atoms with Gasteiger partial charge in [-0.2, -0.15) is 5.26 Å². The van der Waals surface area contributed by atoms with Crippen molar-refractivity contribution in [2.75, 3.05) is 12.4 Å². The van der Waals surface area contributed by atoms with Gasteiger partial charge in [-0.15, -0.1) is 0 Å². The van der Waals surface area contributed by atoms with E-state index in [2.05, 4.69) is 5.32 Å². The van der Waals surface area contributed by atoms with E-state index in [9.17, 15) is 40.4 Å². The largest absolute Gasteiger partial charge is 0.493 e. The monoisotopic (exact) mass is 539 g/mol. The fourth-order valence-corrected chi connectivity index (χ4v) is 3.22. The first kappa shape index (κ1) is 27.0. The maximum atomic E-state index is 12.6. The molecule has 0 aliphatic rings. The van der Waals surface area contributed by atoms with Gasteiger partial charge in [0.1, 0.15) is 11.6 Å². The highest BCUT2D eigenvalue weighted by Gasteiger charge is 2.22. The summed E-state index contributed by atoms with van der Waals surface area (Å²) in [7, 11) is 1.28. The number of carbonyl (C=O) groups is 1. The maximum absolute atomic E-state index is 12.6. The van der Waals surface area contributed by atoms with Crippen molar-refractivity contribution in [2.24, 2.45) is 0 Å². The Morgan fingerprint density at radius 3 is 2.16 bits per heavy atom. The SMILES string of the molecule is COc1cc(/C=C(\C#N)C(=O)Nc2cc([N+](=O)[O-])ccc2Cl)ccc1Oc1ccc([N+](=O)[O-])cc1[N+](=O)[O-]. The highest BCUT2D eigenvalue weighted by atomic mass is 35.5. The number of halogens is 1. The van der Waals surface area contributed by atoms with Gasteiger partial charge in [-0.1, -0.05) is 17.7 Å². The number of nitrogens with one attached hydrogen (secondary N) is 1. The number of hydrogen-bond acceptors (Lipinski definition) is 10. The van der Waals surface area contributed by atoms with Crippen molar-refractivity contribution in [1.29, 1.82) is 5.26 Å². The number of hydrogen-bond donors (Lipinski definition) is 1. The number of carbonyl (C=O) groups excluding carboxylic acids is 1. The van der Waals surface area contributed by atoms with E-state index in [1.807, 2.05) is 0 Å². The lowest BCUT2D eigenvalue weighted by Crippen LogP contribution is -2.14. The summed E-state index contributed by atoms with van der Waals surface area (Å²) in [6.45, 7) is 0. The summed E-state index contributed by atoms with van der Waals surface area (Å²) in [6, 6.07) is 12.1. The number of nitrogens with zero attached hydrogens (tertiary/aromatic N) is 4. The molecule has 14 nitrogen and oxygen atoms in total. The Labute approximate surface area is 217 Å². The molecule has 3 aromatic rings. The second kappa shape index (κ2) is 11.5. The lowest BCUT2D eigenvalue weighted by Gasteiger charge is -2.11. The number of benzene rings is 3. The maximum Gasteiger partial charge on any atom is 0.318 e. The number of nitriles is 1. The number of amides is 1. The number of nitro benzene ring substituents is 3. The van der Waals surface area contributed by atoms with Gasteiger partial charge in [-0.05, 0) is 35.9 Å². The molecule has 3 rings (SSSR count). The van der Waals surface area contributed by atoms with Crippen LogP contribution >= 0.6 is 11.6 Å². The Bertz CT molecular complexity index is 1550. The van der Waals surface area contributed by atoms with Gasteiger partial charge in [0.05, 0.1) is 38.7 Å². The molecule has 38 heavy (non-hydrogen) atoms. The summed E-state index contributed by atoms with van der Waals surface area (Å²) in [5, 5.41) is 45.1. The van der Waals surface area contributed by atoms with Crippen LogP contribution in [0.15, 0.2) is 60.2 Å². The molecule has 1 N–H and O–H groups in total. The van der Waals surface area contributed by atoms with Crippen LogP contribution in [0, 0.1) is 41.7 Å². The Morgan fingerprint density at radius 2 is 1.55 bits per heavy atom. The summed E-state index contributed by atoms with van der Waals surface area (Å²) in [6.07, 6.45) is 1.20. The smallest absolute Gasteiger partial charge is 0.318 e. The summed E-state index contributed by atoms with van der Waals surface area (Å²) >= 11 is 5.99. The third-order valence-corrected chi connectivity index (χ3v) is 5.17. The molecule has 0 aliphatic carbocycles. The lowest BCUT2D eigenvalue weighted by molar-refractivity contribution is -0.394. The second-order valence-electron chi connectivity index (χ2n) is 7.22. The molecule has 0 unspecified atom stereocenters. The van der Waals surface area contributed by atoms with Crippen molar-refractivity contribution >= 4 is 46.3 Å². The van der Waals surface area contributed by atoms with Crippen molar-refractivity contribution in [3.8, 4) is 23.3 Å². The fourth-order valence-electron chi connectivity index (χ4n) is 3.05. The molecule has 1 amide bonds. The number of methoxy groups -OCH3 is 1. The zero-order chi connectivity index (χ0) is 28.0. The van der Waals surface area contributed by atoms with Crippen molar-refractivity contribution < 1.29 is 29.0 Å². The Balaban J connectivity index is 1.90. The van der Waals surface area contributed by atoms with Crippen LogP contribution in [0.4, 0.5) is 22.7 Å². The zero-order valence-electron chi connectivity index (χ0n) is 19.1. The van der Waals surface area contributed by atoms with E-state index < -0.39 is 32.1 Å². The molecule has 0 aliphatic heterocycles. The van der Waals surface area contributed by atoms with Crippen LogP contribution in [0.5, 0.6) is 17.2 Å². The molecular weight excluding hydrogens is 526 g/mol. The Hall–Kier alpha value is -5.55. The summed E-state index contributed by atoms with van der Waals surface area (Å²) in [5.41, 5.74) is -1.61. The summed E-state index contributed by atoms with van der Waals surface area (Å²) < 4.78 is 10.8. The van der Waals surface area contributed by atoms with Gasteiger partial charge in [-0.3, -0.25) is 35.1 Å². The van der Waals surface area contributed by atoms with E-state index in [1.54, 1.807) is 6.07 Å². The number of non-ortho nitro benzene ring substituents is 2. The van der Waals surface area contributed by atoms with Gasteiger partial charge in [0, 0.05) is 18.2 Å². The molecular formula is C23H14ClN5O9. The van der Waals surface area contributed by atoms with Crippen LogP contribution < -0.4 is 14.8 Å². The van der Waals surface area contributed by atoms with E-state index in [0.29, 0.717) is 5.56 Å². The first-order chi connectivity index (χ1) is 18.0. The van der Waals surface area contributed by atoms with Crippen molar-refractivity contribution in [3.05, 3.63) is 101 Å². The number of rotatable bonds is 9. The average Bonchev–Trinajstić information content (AvgIpc) is 2.88. The second-order valence-corrected chi connectivity index (χ2v) is 7.63. The molecule has 192 valence electrons. The molecule has 3 aromatic carbocycles. The minimum absolute atomic E-state index is 0.00735. The van der Waals surface area contributed by atoms with Gasteiger partial charge in [0.2, 0.25) is 5.75 Å². The van der Waals surface area contributed by atoms with Gasteiger partial charge in [0.25, 0.3) is 17.3 Å². The van der Waals surface area contributed by atoms with E-state index in [4.69, 9.17) is 21.1 Å². The van der Waals surface area contributed by atoms with Crippen LogP contribution in [0.3, 0.4) is 0 Å². The number of ether oxygens (including phenoxy) is 2. The van der Waals surface area contributed by atoms with Crippen molar-refractivity contribution in [3.63, 3.8) is 0 Å². The molecule has 0 spiro atoms. The van der Waals surface area contributed by atoms with Gasteiger partial charge in [-0.25, -0.2) is 0 Å². The first-order valence-electron chi connectivity index (χ1n) is 10.2. The summed E-state index contributed by atoms with van der Waals surface area (Å²) in [4.78, 5) is 43.6. The minimum Gasteiger partial charge on any atom is -0.493 e. The van der Waals surface area contributed by atoms with E-state index in [1.165, 1.54) is 37.5 Å². The van der Waals surface area contributed by atoms with E-state index in [0.717, 1.165) is 30.3 Å². The molecule has 0 bridgehead atoms. The standard InChI is InChI=1S/C23H14ClN5O9/c1-37-22-9-13(2-6-21(22)38-20-7-4-16(28(33)34)11-19(20)29(35)36)8-14(12-25)23(30)26-18-10-15(27(31)32)3-5-17(18)24/h2-11H,1H3,(H,26,30)/b14-8+. The third kappa shape index (κ3) is 6.17. The zero-order valence-corrected chi connectivity index (χ0v) is 19.9. The molecule has 0 radical (unpaired) electrons. The topological polar surface area (TPSA) is 201 Å². The van der Waals surface area contributed by atoms with Crippen LogP contribution in [-0.2, 0) is 4.79 Å². The highest BCUT2D eigenvalue weighted by Crippen LogP contribution is 2.38. The normalized spacial score (nSPS) is 10.7. The van der Waals surface area contributed by atoms with E-state index in [-0.39, 0.29) is 39.2 Å². The van der Waals surface area contributed by atoms with Crippen LogP contribution in [0.1, 0.15) is 5.56 Å².